The molecule has 5 nitrogen and oxygen atoms in total. The minimum absolute atomic E-state index is 0.503. The average molecular weight is 323 g/mol. The largest absolute Gasteiger partial charge is 0.440 e. The lowest BCUT2D eigenvalue weighted by Crippen LogP contribution is -2.79. The number of alkyl halides is 5. The summed E-state index contributed by atoms with van der Waals surface area (Å²) >= 11 is 11.1. The molecule has 1 aliphatic rings. The molecule has 19 heavy (non-hydrogen) atoms. The van der Waals surface area contributed by atoms with Gasteiger partial charge in [0, 0.05) is 13.2 Å². The lowest BCUT2D eigenvalue weighted by Gasteiger charge is -2.48. The predicted molar refractivity (Wildman–Crippen MR) is 60.7 cm³/mol. The van der Waals surface area contributed by atoms with Crippen LogP contribution in [0, 0.1) is 0 Å². The number of urea groups is 1. The van der Waals surface area contributed by atoms with Crippen LogP contribution in [0.5, 0.6) is 0 Å². The molecule has 3 amide bonds. The maximum Gasteiger partial charge on any atom is 0.440 e. The number of hydrogen-bond donors (Lipinski definition) is 1. The van der Waals surface area contributed by atoms with Crippen LogP contribution in [0.15, 0.2) is 0 Å². The number of halogens is 5. The van der Waals surface area contributed by atoms with Gasteiger partial charge in [-0.25, -0.2) is 4.79 Å². The molecular formula is C9H11Cl2F3N2O3. The van der Waals surface area contributed by atoms with Crippen molar-refractivity contribution in [3.05, 3.63) is 0 Å². The van der Waals surface area contributed by atoms with E-state index >= 15 is 0 Å². The predicted octanol–water partition coefficient (Wildman–Crippen LogP) is 2.03. The number of hydrogen-bond acceptors (Lipinski definition) is 3. The van der Waals surface area contributed by atoms with E-state index in [4.69, 9.17) is 23.2 Å². The fourth-order valence-electron chi connectivity index (χ4n) is 1.70. The maximum absolute atomic E-state index is 13.1. The summed E-state index contributed by atoms with van der Waals surface area (Å²) in [6, 6.07) is -2.00. The molecule has 1 unspecified atom stereocenters. The van der Waals surface area contributed by atoms with Crippen molar-refractivity contribution in [3.63, 3.8) is 0 Å². The van der Waals surface area contributed by atoms with Crippen molar-refractivity contribution < 1.29 is 27.5 Å². The summed E-state index contributed by atoms with van der Waals surface area (Å²) in [7, 11) is 0.644. The Bertz CT molecular complexity index is 414. The van der Waals surface area contributed by atoms with Crippen LogP contribution in [-0.4, -0.2) is 46.2 Å². The Morgan fingerprint density at radius 3 is 2.11 bits per heavy atom. The first-order valence-corrected chi connectivity index (χ1v) is 5.83. The van der Waals surface area contributed by atoms with E-state index in [1.807, 2.05) is 0 Å². The molecule has 1 saturated heterocycles. The van der Waals surface area contributed by atoms with Crippen LogP contribution in [0.4, 0.5) is 18.0 Å². The van der Waals surface area contributed by atoms with E-state index < -0.39 is 34.2 Å². The van der Waals surface area contributed by atoms with E-state index in [1.54, 1.807) is 0 Å². The highest BCUT2D eigenvalue weighted by Gasteiger charge is 2.75. The molecule has 0 aromatic carbocycles. The fraction of sp³-hybridized carbons (Fsp3) is 0.778. The first-order valence-electron chi connectivity index (χ1n) is 5.08. The van der Waals surface area contributed by atoms with Crippen molar-refractivity contribution in [3.8, 4) is 0 Å². The number of amides is 3. The molecule has 1 rings (SSSR count). The maximum atomic E-state index is 13.1. The standard InChI is InChI=1S/C9H11Cl2F3N2O3/c1-4(2)16-5(17)7(10,11)8(19-3,9(12,13)14)15-6(16)18/h4H,1-3H3,(H,15,18). The quantitative estimate of drug-likeness (QED) is 0.791. The zero-order chi connectivity index (χ0) is 15.2. The van der Waals surface area contributed by atoms with E-state index in [2.05, 4.69) is 4.74 Å². The number of imide groups is 1. The number of carbonyl (C=O) groups excluding carboxylic acids is 2. The Hall–Kier alpha value is -0.730. The molecule has 10 heteroatoms. The van der Waals surface area contributed by atoms with Crippen LogP contribution < -0.4 is 5.32 Å². The van der Waals surface area contributed by atoms with Gasteiger partial charge in [0.25, 0.3) is 16.0 Å². The van der Waals surface area contributed by atoms with E-state index in [0.29, 0.717) is 12.0 Å². The molecule has 0 radical (unpaired) electrons. The highest BCUT2D eigenvalue weighted by atomic mass is 35.5. The van der Waals surface area contributed by atoms with Gasteiger partial charge in [0.1, 0.15) is 0 Å². The molecule has 1 fully saturated rings. The van der Waals surface area contributed by atoms with Crippen LogP contribution in [-0.2, 0) is 9.53 Å². The van der Waals surface area contributed by atoms with Crippen molar-refractivity contribution in [2.75, 3.05) is 7.11 Å². The highest BCUT2D eigenvalue weighted by molar-refractivity contribution is 6.60. The van der Waals surface area contributed by atoms with Crippen LogP contribution in [0.2, 0.25) is 0 Å². The summed E-state index contributed by atoms with van der Waals surface area (Å²) in [4.78, 5) is 24.1. The van der Waals surface area contributed by atoms with Crippen molar-refractivity contribution in [1.82, 2.24) is 10.2 Å². The Labute approximate surface area is 117 Å². The summed E-state index contributed by atoms with van der Waals surface area (Å²) in [5.74, 6) is -1.39. The van der Waals surface area contributed by atoms with Gasteiger partial charge < -0.3 is 4.74 Å². The molecule has 110 valence electrons. The minimum atomic E-state index is -5.18. The average Bonchev–Trinajstić information content (AvgIpc) is 2.21. The number of rotatable bonds is 2. The van der Waals surface area contributed by atoms with Gasteiger partial charge in [0.15, 0.2) is 0 Å². The summed E-state index contributed by atoms with van der Waals surface area (Å²) in [5, 5.41) is 1.53. The Morgan fingerprint density at radius 2 is 1.79 bits per heavy atom. The van der Waals surface area contributed by atoms with Gasteiger partial charge in [-0.3, -0.25) is 15.0 Å². The molecule has 0 spiro atoms. The second-order valence-corrected chi connectivity index (χ2v) is 5.48. The summed E-state index contributed by atoms with van der Waals surface area (Å²) in [6.07, 6.45) is -5.18. The highest BCUT2D eigenvalue weighted by Crippen LogP contribution is 2.48. The first-order chi connectivity index (χ1) is 8.42. The normalized spacial score (nSPS) is 27.7. The number of carbonyl (C=O) groups is 2. The third-order valence-electron chi connectivity index (χ3n) is 2.65. The SMILES string of the molecule is COC1(C(F)(F)F)NC(=O)N(C(C)C)C(=O)C1(Cl)Cl. The molecule has 0 aliphatic carbocycles. The third kappa shape index (κ3) is 2.15. The number of nitrogens with zero attached hydrogens (tertiary/aromatic N) is 1. The van der Waals surface area contributed by atoms with Gasteiger partial charge in [0.05, 0.1) is 0 Å². The minimum Gasteiger partial charge on any atom is -0.348 e. The van der Waals surface area contributed by atoms with Gasteiger partial charge in [-0.15, -0.1) is 0 Å². The molecule has 0 bridgehead atoms. The Morgan fingerprint density at radius 1 is 1.32 bits per heavy atom. The zero-order valence-electron chi connectivity index (χ0n) is 10.1. The van der Waals surface area contributed by atoms with Gasteiger partial charge in [-0.2, -0.15) is 13.2 Å². The van der Waals surface area contributed by atoms with E-state index in [1.165, 1.54) is 19.2 Å². The Balaban J connectivity index is 3.41. The van der Waals surface area contributed by atoms with Crippen molar-refractivity contribution in [1.29, 1.82) is 0 Å². The Kier molecular flexibility index (Phi) is 4.02. The van der Waals surface area contributed by atoms with E-state index in [0.717, 1.165) is 0 Å². The molecule has 1 aliphatic heterocycles. The monoisotopic (exact) mass is 322 g/mol. The molecule has 1 heterocycles. The molecule has 1 N–H and O–H groups in total. The molecule has 1 atom stereocenters. The second kappa shape index (κ2) is 4.68. The number of methoxy groups -OCH3 is 1. The zero-order valence-corrected chi connectivity index (χ0v) is 11.7. The van der Waals surface area contributed by atoms with E-state index in [9.17, 15) is 22.8 Å². The van der Waals surface area contributed by atoms with E-state index in [-0.39, 0.29) is 0 Å². The third-order valence-corrected chi connectivity index (χ3v) is 3.51. The number of ether oxygens (including phenoxy) is 1. The first kappa shape index (κ1) is 16.3. The van der Waals surface area contributed by atoms with Crippen LogP contribution in [0.1, 0.15) is 13.8 Å². The smallest absolute Gasteiger partial charge is 0.348 e. The van der Waals surface area contributed by atoms with Gasteiger partial charge >= 0.3 is 12.2 Å². The molecule has 0 saturated carbocycles. The van der Waals surface area contributed by atoms with Gasteiger partial charge in [-0.05, 0) is 13.8 Å². The van der Waals surface area contributed by atoms with Crippen LogP contribution >= 0.6 is 23.2 Å². The van der Waals surface area contributed by atoms with Crippen LogP contribution in [0.3, 0.4) is 0 Å². The van der Waals surface area contributed by atoms with Crippen molar-refractivity contribution >= 4 is 35.1 Å². The summed E-state index contributed by atoms with van der Waals surface area (Å²) < 4.78 is 40.5. The molecular weight excluding hydrogens is 312 g/mol. The second-order valence-electron chi connectivity index (χ2n) is 4.16. The lowest BCUT2D eigenvalue weighted by atomic mass is 10.0. The van der Waals surface area contributed by atoms with Gasteiger partial charge in [-0.1, -0.05) is 23.2 Å². The summed E-state index contributed by atoms with van der Waals surface area (Å²) in [6.45, 7) is 2.85. The lowest BCUT2D eigenvalue weighted by molar-refractivity contribution is -0.285. The van der Waals surface area contributed by atoms with Crippen molar-refractivity contribution in [2.24, 2.45) is 0 Å². The molecule has 0 aromatic rings. The number of nitrogens with one attached hydrogen (secondary N) is 1. The van der Waals surface area contributed by atoms with Crippen molar-refractivity contribution in [2.45, 2.75) is 36.1 Å². The fourth-order valence-corrected chi connectivity index (χ4v) is 2.34. The summed E-state index contributed by atoms with van der Waals surface area (Å²) in [5.41, 5.74) is -3.50. The molecule has 0 aromatic heterocycles. The van der Waals surface area contributed by atoms with Gasteiger partial charge in [0.2, 0.25) is 0 Å². The topological polar surface area (TPSA) is 58.6 Å². The van der Waals surface area contributed by atoms with Crippen LogP contribution in [0.25, 0.3) is 0 Å².